The molecule has 3 N–H and O–H groups in total. The zero-order valence-corrected chi connectivity index (χ0v) is 16.3. The summed E-state index contributed by atoms with van der Waals surface area (Å²) < 4.78 is 1.78. The molecule has 0 fully saturated rings. The number of hydrogen-bond donors (Lipinski definition) is 2. The van der Waals surface area contributed by atoms with E-state index in [2.05, 4.69) is 21.5 Å². The maximum atomic E-state index is 11.8. The number of amides is 1. The summed E-state index contributed by atoms with van der Waals surface area (Å²) in [5, 5.41) is 7.44. The molecule has 2 aromatic rings. The van der Waals surface area contributed by atoms with Gasteiger partial charge in [-0.1, -0.05) is 6.07 Å². The monoisotopic (exact) mass is 366 g/mol. The Kier molecular flexibility index (Phi) is 5.30. The van der Waals surface area contributed by atoms with Crippen LogP contribution < -0.4 is 11.1 Å². The number of amidine groups is 1. The van der Waals surface area contributed by atoms with Crippen molar-refractivity contribution in [3.63, 3.8) is 0 Å². The molecule has 0 spiro atoms. The van der Waals surface area contributed by atoms with Gasteiger partial charge >= 0.3 is 0 Å². The fourth-order valence-corrected chi connectivity index (χ4v) is 3.31. The molecule has 1 aliphatic rings. The van der Waals surface area contributed by atoms with Gasteiger partial charge < -0.3 is 16.0 Å². The number of aryl methyl sites for hydroxylation is 2. The van der Waals surface area contributed by atoms with Gasteiger partial charge in [0.1, 0.15) is 5.84 Å². The van der Waals surface area contributed by atoms with Crippen LogP contribution in [0, 0.1) is 6.92 Å². The SMILES string of the molecule is CNC1=C(C(N)=Nc2cc(C)cc(-c3cnn(C)c3)c2)CN(C(C)=O)CC1. The van der Waals surface area contributed by atoms with E-state index in [1.165, 1.54) is 0 Å². The normalized spacial score (nSPS) is 15.3. The molecule has 0 atom stereocenters. The first-order valence-electron chi connectivity index (χ1n) is 8.98. The molecule has 1 aromatic heterocycles. The van der Waals surface area contributed by atoms with Crippen LogP contribution in [0.1, 0.15) is 18.9 Å². The Morgan fingerprint density at radius 1 is 1.30 bits per heavy atom. The molecule has 1 amide bonds. The topological polar surface area (TPSA) is 88.5 Å². The minimum Gasteiger partial charge on any atom is -0.391 e. The van der Waals surface area contributed by atoms with Crippen LogP contribution in [-0.2, 0) is 11.8 Å². The lowest BCUT2D eigenvalue weighted by Gasteiger charge is -2.29. The van der Waals surface area contributed by atoms with E-state index >= 15 is 0 Å². The van der Waals surface area contributed by atoms with Gasteiger partial charge in [0.2, 0.25) is 5.91 Å². The largest absolute Gasteiger partial charge is 0.391 e. The number of benzene rings is 1. The summed E-state index contributed by atoms with van der Waals surface area (Å²) in [6.45, 7) is 4.78. The molecule has 0 unspecified atom stereocenters. The maximum Gasteiger partial charge on any atom is 0.219 e. The van der Waals surface area contributed by atoms with Crippen LogP contribution in [0.2, 0.25) is 0 Å². The lowest BCUT2D eigenvalue weighted by molar-refractivity contribution is -0.128. The first-order chi connectivity index (χ1) is 12.9. The third-order valence-corrected chi connectivity index (χ3v) is 4.75. The molecule has 0 bridgehead atoms. The van der Waals surface area contributed by atoms with Crippen molar-refractivity contribution >= 4 is 17.4 Å². The van der Waals surface area contributed by atoms with Gasteiger partial charge in [-0.25, -0.2) is 4.99 Å². The molecule has 27 heavy (non-hydrogen) atoms. The van der Waals surface area contributed by atoms with Gasteiger partial charge in [0.15, 0.2) is 0 Å². The molecular weight excluding hydrogens is 340 g/mol. The van der Waals surface area contributed by atoms with E-state index in [-0.39, 0.29) is 5.91 Å². The van der Waals surface area contributed by atoms with E-state index in [9.17, 15) is 4.79 Å². The van der Waals surface area contributed by atoms with E-state index in [1.807, 2.05) is 45.5 Å². The minimum absolute atomic E-state index is 0.0462. The van der Waals surface area contributed by atoms with Gasteiger partial charge in [-0.3, -0.25) is 9.48 Å². The highest BCUT2D eigenvalue weighted by atomic mass is 16.2. The summed E-state index contributed by atoms with van der Waals surface area (Å²) in [5.74, 6) is 0.484. The number of carbonyl (C=O) groups is 1. The quantitative estimate of drug-likeness (QED) is 0.641. The van der Waals surface area contributed by atoms with Crippen molar-refractivity contribution in [2.75, 3.05) is 20.1 Å². The smallest absolute Gasteiger partial charge is 0.219 e. The van der Waals surface area contributed by atoms with Crippen LogP contribution in [0.25, 0.3) is 11.1 Å². The highest BCUT2D eigenvalue weighted by Crippen LogP contribution is 2.27. The molecule has 7 heteroatoms. The number of aromatic nitrogens is 2. The summed E-state index contributed by atoms with van der Waals surface area (Å²) in [5.41, 5.74) is 12.2. The van der Waals surface area contributed by atoms with Gasteiger partial charge in [0.25, 0.3) is 0 Å². The van der Waals surface area contributed by atoms with E-state index in [0.717, 1.165) is 40.1 Å². The molecule has 3 rings (SSSR count). The molecule has 0 radical (unpaired) electrons. The second kappa shape index (κ2) is 7.65. The molecule has 142 valence electrons. The first kappa shape index (κ1) is 18.7. The van der Waals surface area contributed by atoms with E-state index in [0.29, 0.717) is 18.9 Å². The van der Waals surface area contributed by atoms with Crippen LogP contribution in [0.3, 0.4) is 0 Å². The van der Waals surface area contributed by atoms with E-state index < -0.39 is 0 Å². The summed E-state index contributed by atoms with van der Waals surface area (Å²) in [6.07, 6.45) is 4.55. The second-order valence-corrected chi connectivity index (χ2v) is 6.85. The van der Waals surface area contributed by atoms with E-state index in [4.69, 9.17) is 5.73 Å². The molecule has 1 aliphatic heterocycles. The van der Waals surface area contributed by atoms with Gasteiger partial charge in [0, 0.05) is 57.0 Å². The van der Waals surface area contributed by atoms with Crippen molar-refractivity contribution in [1.29, 1.82) is 0 Å². The Balaban J connectivity index is 1.96. The Morgan fingerprint density at radius 2 is 2.07 bits per heavy atom. The Bertz CT molecular complexity index is 924. The number of rotatable bonds is 4. The number of nitrogens with two attached hydrogens (primary N) is 1. The number of hydrogen-bond acceptors (Lipinski definition) is 4. The summed E-state index contributed by atoms with van der Waals surface area (Å²) in [6, 6.07) is 6.10. The van der Waals surface area contributed by atoms with Crippen LogP contribution in [-0.4, -0.2) is 46.6 Å². The lowest BCUT2D eigenvalue weighted by Crippen LogP contribution is -2.40. The van der Waals surface area contributed by atoms with Gasteiger partial charge in [-0.05, 0) is 30.2 Å². The van der Waals surface area contributed by atoms with Crippen molar-refractivity contribution in [3.8, 4) is 11.1 Å². The third kappa shape index (κ3) is 4.19. The fourth-order valence-electron chi connectivity index (χ4n) is 3.31. The van der Waals surface area contributed by atoms with Gasteiger partial charge in [-0.2, -0.15) is 5.10 Å². The molecular formula is C20H26N6O. The first-order valence-corrected chi connectivity index (χ1v) is 8.98. The van der Waals surface area contributed by atoms with Crippen LogP contribution >= 0.6 is 0 Å². The van der Waals surface area contributed by atoms with Crippen LogP contribution in [0.15, 0.2) is 46.9 Å². The number of nitrogens with zero attached hydrogens (tertiary/aromatic N) is 4. The van der Waals surface area contributed by atoms with E-state index in [1.54, 1.807) is 16.5 Å². The second-order valence-electron chi connectivity index (χ2n) is 6.85. The van der Waals surface area contributed by atoms with Crippen molar-refractivity contribution in [3.05, 3.63) is 47.4 Å². The molecule has 0 saturated carbocycles. The van der Waals surface area contributed by atoms with Crippen LogP contribution in [0.5, 0.6) is 0 Å². The third-order valence-electron chi connectivity index (χ3n) is 4.75. The van der Waals surface area contributed by atoms with Crippen LogP contribution in [0.4, 0.5) is 5.69 Å². The highest BCUT2D eigenvalue weighted by Gasteiger charge is 2.22. The average Bonchev–Trinajstić information content (AvgIpc) is 3.07. The molecule has 0 aliphatic carbocycles. The molecule has 2 heterocycles. The van der Waals surface area contributed by atoms with Gasteiger partial charge in [0.05, 0.1) is 18.4 Å². The molecule has 7 nitrogen and oxygen atoms in total. The predicted molar refractivity (Wildman–Crippen MR) is 108 cm³/mol. The van der Waals surface area contributed by atoms with Crippen molar-refractivity contribution < 1.29 is 4.79 Å². The summed E-state index contributed by atoms with van der Waals surface area (Å²) in [4.78, 5) is 18.2. The number of nitrogens with one attached hydrogen (secondary N) is 1. The standard InChI is InChI=1S/C20H26N6O/c1-13-7-15(16-10-23-25(4)11-16)9-17(8-13)24-20(21)18-12-26(14(2)27)6-5-19(18)22-3/h7-11,22H,5-6,12H2,1-4H3,(H2,21,24). The molecule has 0 saturated heterocycles. The van der Waals surface area contributed by atoms with Crippen molar-refractivity contribution in [1.82, 2.24) is 20.0 Å². The summed E-state index contributed by atoms with van der Waals surface area (Å²) in [7, 11) is 3.77. The minimum atomic E-state index is 0.0462. The highest BCUT2D eigenvalue weighted by molar-refractivity contribution is 6.00. The maximum absolute atomic E-state index is 11.8. The predicted octanol–water partition coefficient (Wildman–Crippen LogP) is 2.11. The van der Waals surface area contributed by atoms with Crippen molar-refractivity contribution in [2.24, 2.45) is 17.8 Å². The fraction of sp³-hybridized carbons (Fsp3) is 0.350. The lowest BCUT2D eigenvalue weighted by atomic mass is 10.0. The average molecular weight is 366 g/mol. The Morgan fingerprint density at radius 3 is 2.70 bits per heavy atom. The zero-order chi connectivity index (χ0) is 19.6. The Hall–Kier alpha value is -3.09. The number of carbonyl (C=O) groups excluding carboxylic acids is 1. The van der Waals surface area contributed by atoms with Gasteiger partial charge in [-0.15, -0.1) is 0 Å². The molecule has 1 aromatic carbocycles. The number of aliphatic imine (C=N–C) groups is 1. The van der Waals surface area contributed by atoms with Crippen molar-refractivity contribution in [2.45, 2.75) is 20.3 Å². The zero-order valence-electron chi connectivity index (χ0n) is 16.3. The summed E-state index contributed by atoms with van der Waals surface area (Å²) >= 11 is 0. The Labute approximate surface area is 159 Å².